The van der Waals surface area contributed by atoms with Gasteiger partial charge in [0.05, 0.1) is 5.52 Å². The average Bonchev–Trinajstić information content (AvgIpc) is 3.11. The molecule has 0 radical (unpaired) electrons. The predicted molar refractivity (Wildman–Crippen MR) is 102 cm³/mol. The van der Waals surface area contributed by atoms with Gasteiger partial charge in [0, 0.05) is 55.1 Å². The molecule has 1 aromatic carbocycles. The summed E-state index contributed by atoms with van der Waals surface area (Å²) in [5.41, 5.74) is 4.21. The lowest BCUT2D eigenvalue weighted by molar-refractivity contribution is 0.192. The van der Waals surface area contributed by atoms with Crippen LogP contribution in [-0.2, 0) is 12.8 Å². The third-order valence-corrected chi connectivity index (χ3v) is 5.68. The number of phenolic OH excluding ortho intramolecular Hbond substituents is 2. The zero-order valence-corrected chi connectivity index (χ0v) is 15.0. The molecular formula is C20H27N3O3. The van der Waals surface area contributed by atoms with Crippen molar-refractivity contribution in [3.05, 3.63) is 23.4 Å². The Labute approximate surface area is 153 Å². The fourth-order valence-electron chi connectivity index (χ4n) is 4.25. The lowest BCUT2D eigenvalue weighted by Crippen LogP contribution is -2.39. The van der Waals surface area contributed by atoms with E-state index < -0.39 is 0 Å². The second-order valence-electron chi connectivity index (χ2n) is 7.46. The van der Waals surface area contributed by atoms with Crippen LogP contribution in [0.25, 0.3) is 10.9 Å². The van der Waals surface area contributed by atoms with Gasteiger partial charge in [0.25, 0.3) is 0 Å². The van der Waals surface area contributed by atoms with E-state index in [9.17, 15) is 10.2 Å². The number of pyridine rings is 1. The first-order valence-electron chi connectivity index (χ1n) is 9.63. The molecule has 1 fully saturated rings. The molecule has 1 aromatic heterocycles. The molecule has 4 rings (SSSR count). The Morgan fingerprint density at radius 1 is 1.12 bits per heavy atom. The molecule has 2 aromatic rings. The van der Waals surface area contributed by atoms with E-state index in [4.69, 9.17) is 10.1 Å². The van der Waals surface area contributed by atoms with E-state index in [2.05, 4.69) is 10.2 Å². The van der Waals surface area contributed by atoms with Crippen molar-refractivity contribution in [3.63, 3.8) is 0 Å². The number of hydrogen-bond donors (Lipinski definition) is 4. The number of benzene rings is 1. The fourth-order valence-corrected chi connectivity index (χ4v) is 4.25. The van der Waals surface area contributed by atoms with Gasteiger partial charge in [-0.25, -0.2) is 0 Å². The van der Waals surface area contributed by atoms with Gasteiger partial charge in [0.1, 0.15) is 0 Å². The van der Waals surface area contributed by atoms with Crippen molar-refractivity contribution in [2.45, 2.75) is 44.6 Å². The summed E-state index contributed by atoms with van der Waals surface area (Å²) < 4.78 is 0. The van der Waals surface area contributed by atoms with Gasteiger partial charge in [0.2, 0.25) is 0 Å². The van der Waals surface area contributed by atoms with Gasteiger partial charge in [-0.05, 0) is 50.2 Å². The van der Waals surface area contributed by atoms with Gasteiger partial charge in [-0.15, -0.1) is 0 Å². The topological polar surface area (TPSA) is 88.9 Å². The number of nitrogens with zero attached hydrogens (tertiary/aromatic N) is 2. The normalized spacial score (nSPS) is 18.3. The number of aromatic nitrogens is 1. The zero-order valence-electron chi connectivity index (χ0n) is 15.0. The Kier molecular flexibility index (Phi) is 4.87. The van der Waals surface area contributed by atoms with Gasteiger partial charge >= 0.3 is 0 Å². The van der Waals surface area contributed by atoms with Crippen molar-refractivity contribution in [1.82, 2.24) is 9.88 Å². The van der Waals surface area contributed by atoms with Crippen LogP contribution in [0.4, 0.5) is 5.69 Å². The smallest absolute Gasteiger partial charge is 0.159 e. The molecule has 26 heavy (non-hydrogen) atoms. The van der Waals surface area contributed by atoms with Crippen LogP contribution in [0, 0.1) is 0 Å². The molecular weight excluding hydrogens is 330 g/mol. The molecule has 4 N–H and O–H groups in total. The van der Waals surface area contributed by atoms with Crippen LogP contribution in [0.2, 0.25) is 0 Å². The molecule has 1 aliphatic heterocycles. The number of aliphatic hydroxyl groups excluding tert-OH is 1. The number of aryl methyl sites for hydroxylation is 1. The van der Waals surface area contributed by atoms with Crippen molar-refractivity contribution in [2.24, 2.45) is 0 Å². The highest BCUT2D eigenvalue weighted by atomic mass is 16.3. The fraction of sp³-hybridized carbons (Fsp3) is 0.550. The number of fused-ring (bicyclic) bond motifs is 2. The van der Waals surface area contributed by atoms with Crippen LogP contribution in [0.3, 0.4) is 0 Å². The van der Waals surface area contributed by atoms with E-state index in [-0.39, 0.29) is 18.1 Å². The molecule has 6 nitrogen and oxygen atoms in total. The van der Waals surface area contributed by atoms with Gasteiger partial charge < -0.3 is 25.5 Å². The number of phenols is 2. The summed E-state index contributed by atoms with van der Waals surface area (Å²) in [4.78, 5) is 7.12. The Morgan fingerprint density at radius 3 is 2.65 bits per heavy atom. The lowest BCUT2D eigenvalue weighted by atomic mass is 10.0. The van der Waals surface area contributed by atoms with Crippen LogP contribution in [0.1, 0.15) is 36.9 Å². The molecule has 0 spiro atoms. The standard InChI is InChI=1S/C20H27N3O3/c24-10-2-7-23-8-5-13(6-9-23)21-20-14-3-1-4-16(14)22-17-12-19(26)18(25)11-15(17)20/h11-13,24-26H,1-10H2,(H,21,22). The van der Waals surface area contributed by atoms with Crippen LogP contribution in [0.15, 0.2) is 12.1 Å². The number of rotatable bonds is 5. The van der Waals surface area contributed by atoms with Gasteiger partial charge in [0.15, 0.2) is 11.5 Å². The third kappa shape index (κ3) is 3.31. The van der Waals surface area contributed by atoms with Crippen molar-refractivity contribution in [1.29, 1.82) is 0 Å². The maximum Gasteiger partial charge on any atom is 0.159 e. The molecule has 6 heteroatoms. The molecule has 0 amide bonds. The van der Waals surface area contributed by atoms with Crippen molar-refractivity contribution < 1.29 is 15.3 Å². The summed E-state index contributed by atoms with van der Waals surface area (Å²) in [5.74, 6) is -0.217. The largest absolute Gasteiger partial charge is 0.504 e. The maximum absolute atomic E-state index is 9.98. The lowest BCUT2D eigenvalue weighted by Gasteiger charge is -2.33. The number of hydrogen-bond acceptors (Lipinski definition) is 6. The highest BCUT2D eigenvalue weighted by Crippen LogP contribution is 2.39. The molecule has 0 atom stereocenters. The van der Waals surface area contributed by atoms with E-state index in [0.717, 1.165) is 80.4 Å². The summed E-state index contributed by atoms with van der Waals surface area (Å²) in [7, 11) is 0. The predicted octanol–water partition coefficient (Wildman–Crippen LogP) is 2.39. The van der Waals surface area contributed by atoms with Crippen molar-refractivity contribution in [3.8, 4) is 11.5 Å². The first-order chi connectivity index (χ1) is 12.7. The van der Waals surface area contributed by atoms with E-state index in [1.54, 1.807) is 12.1 Å². The Morgan fingerprint density at radius 2 is 1.88 bits per heavy atom. The Balaban J connectivity index is 1.59. The summed E-state index contributed by atoms with van der Waals surface area (Å²) >= 11 is 0. The van der Waals surface area contributed by atoms with E-state index in [1.165, 1.54) is 5.56 Å². The van der Waals surface area contributed by atoms with E-state index >= 15 is 0 Å². The number of aromatic hydroxyl groups is 2. The van der Waals surface area contributed by atoms with Gasteiger partial charge in [-0.3, -0.25) is 4.98 Å². The zero-order chi connectivity index (χ0) is 18.1. The Hall–Kier alpha value is -2.05. The summed E-state index contributed by atoms with van der Waals surface area (Å²) in [6.07, 6.45) is 6.05. The average molecular weight is 357 g/mol. The highest BCUT2D eigenvalue weighted by molar-refractivity contribution is 5.96. The minimum atomic E-state index is -0.119. The quantitative estimate of drug-likeness (QED) is 0.615. The number of anilines is 1. The van der Waals surface area contributed by atoms with Crippen LogP contribution >= 0.6 is 0 Å². The molecule has 140 valence electrons. The van der Waals surface area contributed by atoms with E-state index in [1.807, 2.05) is 0 Å². The molecule has 2 aliphatic rings. The third-order valence-electron chi connectivity index (χ3n) is 5.68. The number of nitrogens with one attached hydrogen (secondary N) is 1. The Bertz CT molecular complexity index is 801. The molecule has 1 saturated heterocycles. The highest BCUT2D eigenvalue weighted by Gasteiger charge is 2.24. The monoisotopic (exact) mass is 357 g/mol. The molecule has 0 bridgehead atoms. The van der Waals surface area contributed by atoms with Crippen molar-refractivity contribution in [2.75, 3.05) is 31.6 Å². The molecule has 0 saturated carbocycles. The maximum atomic E-state index is 9.98. The van der Waals surface area contributed by atoms with Gasteiger partial charge in [-0.2, -0.15) is 0 Å². The molecule has 2 heterocycles. The first-order valence-corrected chi connectivity index (χ1v) is 9.63. The number of likely N-dealkylation sites (tertiary alicyclic amines) is 1. The second kappa shape index (κ2) is 7.29. The number of aliphatic hydroxyl groups is 1. The van der Waals surface area contributed by atoms with Crippen LogP contribution < -0.4 is 5.32 Å². The minimum absolute atomic E-state index is 0.0980. The minimum Gasteiger partial charge on any atom is -0.504 e. The second-order valence-corrected chi connectivity index (χ2v) is 7.46. The van der Waals surface area contributed by atoms with Gasteiger partial charge in [-0.1, -0.05) is 0 Å². The summed E-state index contributed by atoms with van der Waals surface area (Å²) in [5, 5.41) is 33.4. The number of piperidine rings is 1. The van der Waals surface area contributed by atoms with Crippen LogP contribution in [0.5, 0.6) is 11.5 Å². The first kappa shape index (κ1) is 17.4. The molecule has 0 unspecified atom stereocenters. The summed E-state index contributed by atoms with van der Waals surface area (Å²) in [6.45, 7) is 3.29. The van der Waals surface area contributed by atoms with E-state index in [0.29, 0.717) is 6.04 Å². The summed E-state index contributed by atoms with van der Waals surface area (Å²) in [6, 6.07) is 3.59. The SMILES string of the molecule is OCCCN1CCC(Nc2c3c(nc4cc(O)c(O)cc24)CCC3)CC1. The van der Waals surface area contributed by atoms with Crippen LogP contribution in [-0.4, -0.2) is 57.5 Å². The molecule has 1 aliphatic carbocycles. The van der Waals surface area contributed by atoms with Crippen molar-refractivity contribution >= 4 is 16.6 Å².